The molecule has 1 aromatic rings. The number of nitrogens with zero attached hydrogens (tertiary/aromatic N) is 2. The van der Waals surface area contributed by atoms with Crippen molar-refractivity contribution in [1.82, 2.24) is 9.80 Å². The minimum absolute atomic E-state index is 0.215. The van der Waals surface area contributed by atoms with Crippen LogP contribution < -0.4 is 5.73 Å². The Morgan fingerprint density at radius 1 is 1.15 bits per heavy atom. The van der Waals surface area contributed by atoms with Gasteiger partial charge >= 0.3 is 0 Å². The van der Waals surface area contributed by atoms with Crippen molar-refractivity contribution in [3.63, 3.8) is 0 Å². The summed E-state index contributed by atoms with van der Waals surface area (Å²) in [7, 11) is 0. The predicted octanol–water partition coefficient (Wildman–Crippen LogP) is 1.52. The second-order valence-corrected chi connectivity index (χ2v) is 7.56. The lowest BCUT2D eigenvalue weighted by Gasteiger charge is -2.56. The fourth-order valence-corrected chi connectivity index (χ4v) is 5.59. The van der Waals surface area contributed by atoms with Crippen molar-refractivity contribution >= 4 is 15.9 Å². The molecule has 0 radical (unpaired) electrons. The zero-order chi connectivity index (χ0) is 13.7. The summed E-state index contributed by atoms with van der Waals surface area (Å²) in [5, 5.41) is 0. The minimum Gasteiger partial charge on any atom is -0.330 e. The highest BCUT2D eigenvalue weighted by Crippen LogP contribution is 2.48. The Bertz CT molecular complexity index is 502. The number of piperidine rings is 2. The molecule has 0 saturated carbocycles. The molecule has 3 atom stereocenters. The van der Waals surface area contributed by atoms with Crippen LogP contribution in [0, 0.1) is 11.8 Å². The highest BCUT2D eigenvalue weighted by atomic mass is 79.9. The Morgan fingerprint density at radius 2 is 1.80 bits per heavy atom. The number of benzene rings is 1. The normalized spacial score (nSPS) is 42.7. The Labute approximate surface area is 129 Å². The van der Waals surface area contributed by atoms with Gasteiger partial charge in [0, 0.05) is 49.2 Å². The maximum atomic E-state index is 6.23. The van der Waals surface area contributed by atoms with Crippen molar-refractivity contribution in [2.45, 2.75) is 5.41 Å². The van der Waals surface area contributed by atoms with Crippen molar-refractivity contribution < 1.29 is 0 Å². The van der Waals surface area contributed by atoms with Gasteiger partial charge in [0.2, 0.25) is 0 Å². The van der Waals surface area contributed by atoms with Gasteiger partial charge in [-0.05, 0) is 30.0 Å². The Hall–Kier alpha value is -0.420. The zero-order valence-corrected chi connectivity index (χ0v) is 13.3. The van der Waals surface area contributed by atoms with Crippen LogP contribution in [0.4, 0.5) is 0 Å². The fourth-order valence-electron chi connectivity index (χ4n) is 4.91. The molecule has 4 aliphatic rings. The molecule has 4 fully saturated rings. The SMILES string of the molecule is NCC1C2CN3CCN(C2)CC1(c1ccccc1Br)C3. The molecule has 20 heavy (non-hydrogen) atoms. The van der Waals surface area contributed by atoms with E-state index in [0.717, 1.165) is 12.5 Å². The van der Waals surface area contributed by atoms with Gasteiger partial charge in [0.25, 0.3) is 0 Å². The van der Waals surface area contributed by atoms with E-state index in [2.05, 4.69) is 50.0 Å². The van der Waals surface area contributed by atoms with Crippen molar-refractivity contribution in [1.29, 1.82) is 0 Å². The summed E-state index contributed by atoms with van der Waals surface area (Å²) in [4.78, 5) is 5.34. The van der Waals surface area contributed by atoms with E-state index in [1.54, 1.807) is 0 Å². The van der Waals surface area contributed by atoms with E-state index in [-0.39, 0.29) is 5.41 Å². The second kappa shape index (κ2) is 4.80. The van der Waals surface area contributed by atoms with E-state index in [1.165, 1.54) is 49.3 Å². The Morgan fingerprint density at radius 3 is 2.40 bits per heavy atom. The van der Waals surface area contributed by atoms with Crippen molar-refractivity contribution in [3.05, 3.63) is 34.3 Å². The van der Waals surface area contributed by atoms with Gasteiger partial charge in [-0.2, -0.15) is 0 Å². The van der Waals surface area contributed by atoms with Gasteiger partial charge in [-0.25, -0.2) is 0 Å². The maximum absolute atomic E-state index is 6.23. The predicted molar refractivity (Wildman–Crippen MR) is 84.7 cm³/mol. The summed E-state index contributed by atoms with van der Waals surface area (Å²) in [6, 6.07) is 8.78. The van der Waals surface area contributed by atoms with Crippen molar-refractivity contribution in [3.8, 4) is 0 Å². The molecule has 0 amide bonds. The lowest BCUT2D eigenvalue weighted by molar-refractivity contribution is -0.00273. The van der Waals surface area contributed by atoms with Gasteiger partial charge in [0.1, 0.15) is 0 Å². The third-order valence-corrected chi connectivity index (χ3v) is 6.36. The largest absolute Gasteiger partial charge is 0.330 e. The first-order valence-corrected chi connectivity index (χ1v) is 8.42. The highest BCUT2D eigenvalue weighted by molar-refractivity contribution is 9.10. The van der Waals surface area contributed by atoms with Gasteiger partial charge in [-0.3, -0.25) is 0 Å². The first-order chi connectivity index (χ1) is 9.73. The third-order valence-electron chi connectivity index (χ3n) is 5.67. The summed E-state index contributed by atoms with van der Waals surface area (Å²) < 4.78 is 1.25. The number of hydrogen-bond acceptors (Lipinski definition) is 3. The summed E-state index contributed by atoms with van der Waals surface area (Å²) in [5.41, 5.74) is 7.91. The molecule has 2 N–H and O–H groups in total. The molecule has 3 nitrogen and oxygen atoms in total. The zero-order valence-electron chi connectivity index (χ0n) is 11.8. The molecule has 4 heterocycles. The van der Waals surface area contributed by atoms with Gasteiger partial charge in [0.05, 0.1) is 0 Å². The van der Waals surface area contributed by atoms with Crippen LogP contribution in [0.2, 0.25) is 0 Å². The Kier molecular flexibility index (Phi) is 3.18. The van der Waals surface area contributed by atoms with Gasteiger partial charge < -0.3 is 15.5 Å². The van der Waals surface area contributed by atoms with E-state index in [4.69, 9.17) is 5.73 Å². The molecule has 108 valence electrons. The number of hydrogen-bond donors (Lipinski definition) is 1. The van der Waals surface area contributed by atoms with E-state index in [9.17, 15) is 0 Å². The smallest absolute Gasteiger partial charge is 0.0262 e. The average molecular weight is 336 g/mol. The standard InChI is InChI=1S/C16H22BrN3/c17-15-4-2-1-3-13(15)16-10-19-5-6-20(11-16)9-12(8-19)14(16)7-18/h1-4,12,14H,5-11,18H2. The van der Waals surface area contributed by atoms with E-state index in [0.29, 0.717) is 5.92 Å². The van der Waals surface area contributed by atoms with Crippen molar-refractivity contribution in [2.24, 2.45) is 17.6 Å². The van der Waals surface area contributed by atoms with Gasteiger partial charge in [-0.15, -0.1) is 0 Å². The monoisotopic (exact) mass is 335 g/mol. The lowest BCUT2D eigenvalue weighted by Crippen LogP contribution is -2.64. The van der Waals surface area contributed by atoms with Crippen LogP contribution >= 0.6 is 15.9 Å². The van der Waals surface area contributed by atoms with Crippen LogP contribution in [0.3, 0.4) is 0 Å². The molecule has 4 aliphatic heterocycles. The molecular formula is C16H22BrN3. The molecule has 1 aromatic carbocycles. The summed E-state index contributed by atoms with van der Waals surface area (Å²) in [6.45, 7) is 8.08. The number of fused-ring (bicyclic) bond motifs is 1. The van der Waals surface area contributed by atoms with Crippen LogP contribution in [0.1, 0.15) is 5.56 Å². The molecule has 4 heteroatoms. The molecule has 0 aromatic heterocycles. The first kappa shape index (κ1) is 13.3. The highest BCUT2D eigenvalue weighted by Gasteiger charge is 2.54. The minimum atomic E-state index is 0.215. The maximum Gasteiger partial charge on any atom is 0.0262 e. The van der Waals surface area contributed by atoms with Crippen molar-refractivity contribution in [2.75, 3.05) is 45.8 Å². The third kappa shape index (κ3) is 1.82. The molecule has 4 bridgehead atoms. The molecule has 5 rings (SSSR count). The molecule has 4 saturated heterocycles. The summed E-state index contributed by atoms with van der Waals surface area (Å²) in [5.74, 6) is 1.35. The van der Waals surface area contributed by atoms with Gasteiger partial charge in [0.15, 0.2) is 0 Å². The number of halogens is 1. The van der Waals surface area contributed by atoms with E-state index < -0.39 is 0 Å². The van der Waals surface area contributed by atoms with Crippen LogP contribution in [0.25, 0.3) is 0 Å². The average Bonchev–Trinajstić information content (AvgIpc) is 2.67. The molecule has 0 spiro atoms. The fraction of sp³-hybridized carbons (Fsp3) is 0.625. The molecule has 0 aliphatic carbocycles. The lowest BCUT2D eigenvalue weighted by atomic mass is 9.60. The number of rotatable bonds is 2. The van der Waals surface area contributed by atoms with Crippen LogP contribution in [-0.4, -0.2) is 55.6 Å². The topological polar surface area (TPSA) is 32.5 Å². The van der Waals surface area contributed by atoms with E-state index in [1.807, 2.05) is 0 Å². The van der Waals surface area contributed by atoms with E-state index >= 15 is 0 Å². The quantitative estimate of drug-likeness (QED) is 0.889. The summed E-state index contributed by atoms with van der Waals surface area (Å²) in [6.07, 6.45) is 0. The Balaban J connectivity index is 1.86. The van der Waals surface area contributed by atoms with Gasteiger partial charge in [-0.1, -0.05) is 34.1 Å². The molecule has 3 unspecified atom stereocenters. The van der Waals surface area contributed by atoms with Crippen LogP contribution in [0.15, 0.2) is 28.7 Å². The summed E-state index contributed by atoms with van der Waals surface area (Å²) >= 11 is 3.79. The second-order valence-electron chi connectivity index (χ2n) is 6.71. The van der Waals surface area contributed by atoms with Crippen LogP contribution in [0.5, 0.6) is 0 Å². The number of nitrogens with two attached hydrogens (primary N) is 1. The van der Waals surface area contributed by atoms with Crippen LogP contribution in [-0.2, 0) is 5.41 Å². The molecular weight excluding hydrogens is 314 g/mol. The first-order valence-electron chi connectivity index (χ1n) is 7.63.